The predicted molar refractivity (Wildman–Crippen MR) is 41.9 cm³/mol. The summed E-state index contributed by atoms with van der Waals surface area (Å²) < 4.78 is 16.8. The molecule has 0 unspecified atom stereocenters. The number of alkyl halides is 1. The van der Waals surface area contributed by atoms with Gasteiger partial charge in [0.15, 0.2) is 0 Å². The van der Waals surface area contributed by atoms with E-state index in [2.05, 4.69) is 0 Å². The Morgan fingerprint density at radius 2 is 1.42 bits per heavy atom. The van der Waals surface area contributed by atoms with Gasteiger partial charge in [0.1, 0.15) is 5.88 Å². The summed E-state index contributed by atoms with van der Waals surface area (Å²) in [5.74, 6) is -0.618. The predicted octanol–water partition coefficient (Wildman–Crippen LogP) is 1.25. The van der Waals surface area contributed by atoms with Crippen molar-refractivity contribution < 1.29 is 14.2 Å². The Labute approximate surface area is 75.9 Å². The quantitative estimate of drug-likeness (QED) is 0.583. The smallest absolute Gasteiger partial charge is 0.298 e. The molecule has 0 radical (unpaired) electrons. The highest BCUT2D eigenvalue weighted by atomic mass is 35.5. The number of halogens is 1. The van der Waals surface area contributed by atoms with Gasteiger partial charge in [-0.05, 0) is 0 Å². The van der Waals surface area contributed by atoms with Gasteiger partial charge in [0, 0.05) is 19.3 Å². The molecule has 3 heterocycles. The Hall–Kier alpha value is 0.170. The Bertz CT molecular complexity index is 171. The van der Waals surface area contributed by atoms with E-state index in [1.807, 2.05) is 0 Å². The molecule has 0 aromatic carbocycles. The monoisotopic (exact) mass is 190 g/mol. The van der Waals surface area contributed by atoms with Crippen molar-refractivity contribution in [2.24, 2.45) is 0 Å². The molecule has 0 aromatic heterocycles. The molecule has 0 aromatic rings. The number of rotatable bonds is 1. The van der Waals surface area contributed by atoms with Crippen LogP contribution in [0.25, 0.3) is 0 Å². The number of hydrogen-bond acceptors (Lipinski definition) is 3. The summed E-state index contributed by atoms with van der Waals surface area (Å²) in [6.07, 6.45) is 3.98. The first-order chi connectivity index (χ1) is 5.80. The van der Waals surface area contributed by atoms with Gasteiger partial charge in [-0.15, -0.1) is 11.6 Å². The molecule has 4 rings (SSSR count). The normalized spacial score (nSPS) is 56.2. The van der Waals surface area contributed by atoms with Crippen molar-refractivity contribution >= 4 is 11.6 Å². The van der Waals surface area contributed by atoms with Crippen LogP contribution < -0.4 is 0 Å². The van der Waals surface area contributed by atoms with Gasteiger partial charge in [-0.2, -0.15) is 0 Å². The molecule has 3 saturated heterocycles. The topological polar surface area (TPSA) is 27.7 Å². The van der Waals surface area contributed by atoms with Gasteiger partial charge in [-0.25, -0.2) is 0 Å². The van der Waals surface area contributed by atoms with Gasteiger partial charge in [-0.1, -0.05) is 0 Å². The highest BCUT2D eigenvalue weighted by molar-refractivity contribution is 6.18. The maximum absolute atomic E-state index is 5.75. The Morgan fingerprint density at radius 3 is 1.75 bits per heavy atom. The zero-order valence-electron chi connectivity index (χ0n) is 6.66. The van der Waals surface area contributed by atoms with E-state index in [9.17, 15) is 0 Å². The Kier molecular flexibility index (Phi) is 1.48. The van der Waals surface area contributed by atoms with Crippen molar-refractivity contribution in [3.05, 3.63) is 0 Å². The van der Waals surface area contributed by atoms with Crippen molar-refractivity contribution in [1.29, 1.82) is 0 Å². The van der Waals surface area contributed by atoms with Crippen molar-refractivity contribution in [3.8, 4) is 0 Å². The molecular weight excluding hydrogens is 180 g/mol. The van der Waals surface area contributed by atoms with Crippen LogP contribution in [0, 0.1) is 0 Å². The van der Waals surface area contributed by atoms with Crippen molar-refractivity contribution in [1.82, 2.24) is 0 Å². The average molecular weight is 191 g/mol. The average Bonchev–Trinajstić information content (AvgIpc) is 2.02. The first kappa shape index (κ1) is 7.56. The first-order valence-corrected chi connectivity index (χ1v) is 4.92. The molecule has 4 bridgehead atoms. The summed E-state index contributed by atoms with van der Waals surface area (Å²) in [6, 6.07) is 0. The van der Waals surface area contributed by atoms with E-state index in [1.165, 1.54) is 0 Å². The van der Waals surface area contributed by atoms with Gasteiger partial charge in [0.2, 0.25) is 0 Å². The summed E-state index contributed by atoms with van der Waals surface area (Å²) in [5, 5.41) is 0. The van der Waals surface area contributed by atoms with Crippen molar-refractivity contribution in [2.45, 2.75) is 43.5 Å². The zero-order chi connectivity index (χ0) is 8.18. The maximum atomic E-state index is 5.75. The van der Waals surface area contributed by atoms with Crippen LogP contribution in [0.5, 0.6) is 0 Å². The highest BCUT2D eigenvalue weighted by Crippen LogP contribution is 2.44. The molecule has 0 spiro atoms. The van der Waals surface area contributed by atoms with E-state index in [0.29, 0.717) is 18.3 Å². The summed E-state index contributed by atoms with van der Waals surface area (Å²) in [6.45, 7) is 0. The van der Waals surface area contributed by atoms with Crippen LogP contribution in [0.1, 0.15) is 19.3 Å². The van der Waals surface area contributed by atoms with Crippen LogP contribution >= 0.6 is 11.6 Å². The standard InChI is InChI=1S/C8H11ClO3/c9-4-8-10-5-1-6(11-8)3-7(2-5)12-8/h5-7H,1-4H2. The molecule has 68 valence electrons. The van der Waals surface area contributed by atoms with Gasteiger partial charge >= 0.3 is 0 Å². The van der Waals surface area contributed by atoms with E-state index in [-0.39, 0.29) is 5.88 Å². The van der Waals surface area contributed by atoms with Crippen LogP contribution in [0.2, 0.25) is 0 Å². The molecule has 4 fully saturated rings. The molecule has 4 heteroatoms. The summed E-state index contributed by atoms with van der Waals surface area (Å²) >= 11 is 5.75. The van der Waals surface area contributed by atoms with Crippen LogP contribution in [0.4, 0.5) is 0 Å². The lowest BCUT2D eigenvalue weighted by Crippen LogP contribution is -2.63. The lowest BCUT2D eigenvalue weighted by Gasteiger charge is -2.54. The second-order valence-corrected chi connectivity index (χ2v) is 4.01. The molecule has 12 heavy (non-hydrogen) atoms. The minimum absolute atomic E-state index is 0.274. The minimum Gasteiger partial charge on any atom is -0.323 e. The molecule has 0 amide bonds. The second kappa shape index (κ2) is 2.35. The van der Waals surface area contributed by atoms with Gasteiger partial charge in [-0.3, -0.25) is 0 Å². The van der Waals surface area contributed by atoms with Gasteiger partial charge in [0.05, 0.1) is 18.3 Å². The van der Waals surface area contributed by atoms with Gasteiger partial charge < -0.3 is 14.2 Å². The molecule has 4 aliphatic rings. The Balaban J connectivity index is 1.90. The van der Waals surface area contributed by atoms with E-state index in [0.717, 1.165) is 19.3 Å². The molecular formula is C8H11ClO3. The third kappa shape index (κ3) is 0.940. The summed E-state index contributed by atoms with van der Waals surface area (Å²) in [4.78, 5) is 0. The minimum atomic E-state index is -0.893. The largest absolute Gasteiger partial charge is 0.323 e. The maximum Gasteiger partial charge on any atom is 0.298 e. The van der Waals surface area contributed by atoms with Crippen LogP contribution in [-0.4, -0.2) is 30.2 Å². The van der Waals surface area contributed by atoms with Gasteiger partial charge in [0.25, 0.3) is 5.97 Å². The van der Waals surface area contributed by atoms with E-state index in [4.69, 9.17) is 25.8 Å². The van der Waals surface area contributed by atoms with Crippen LogP contribution in [0.15, 0.2) is 0 Å². The summed E-state index contributed by atoms with van der Waals surface area (Å²) in [7, 11) is 0. The Morgan fingerprint density at radius 1 is 1.00 bits per heavy atom. The first-order valence-electron chi connectivity index (χ1n) is 4.39. The van der Waals surface area contributed by atoms with Crippen molar-refractivity contribution in [2.75, 3.05) is 5.88 Å². The fourth-order valence-electron chi connectivity index (χ4n) is 2.40. The van der Waals surface area contributed by atoms with E-state index in [1.54, 1.807) is 0 Å². The molecule has 0 N–H and O–H groups in total. The molecule has 1 aliphatic carbocycles. The zero-order valence-corrected chi connectivity index (χ0v) is 7.42. The van der Waals surface area contributed by atoms with E-state index < -0.39 is 5.97 Å². The highest BCUT2D eigenvalue weighted by Gasteiger charge is 2.54. The number of hydrogen-bond donors (Lipinski definition) is 0. The fraction of sp³-hybridized carbons (Fsp3) is 1.00. The number of ether oxygens (including phenoxy) is 3. The molecule has 0 atom stereocenters. The third-order valence-corrected chi connectivity index (χ3v) is 3.11. The van der Waals surface area contributed by atoms with Crippen molar-refractivity contribution in [3.63, 3.8) is 0 Å². The van der Waals surface area contributed by atoms with E-state index >= 15 is 0 Å². The lowest BCUT2D eigenvalue weighted by molar-refractivity contribution is -0.483. The molecule has 3 nitrogen and oxygen atoms in total. The van der Waals surface area contributed by atoms with Crippen LogP contribution in [0.3, 0.4) is 0 Å². The molecule has 1 saturated carbocycles. The lowest BCUT2D eigenvalue weighted by atomic mass is 9.89. The third-order valence-electron chi connectivity index (χ3n) is 2.78. The summed E-state index contributed by atoms with van der Waals surface area (Å²) in [5.41, 5.74) is 0. The fourth-order valence-corrected chi connectivity index (χ4v) is 2.59. The second-order valence-electron chi connectivity index (χ2n) is 3.74. The van der Waals surface area contributed by atoms with Crippen LogP contribution in [-0.2, 0) is 14.2 Å². The molecule has 3 aliphatic heterocycles. The SMILES string of the molecule is ClCC12OC3CC(CC(C3)O1)O2.